The third-order valence-corrected chi connectivity index (χ3v) is 2.69. The van der Waals surface area contributed by atoms with Crippen molar-refractivity contribution in [3.63, 3.8) is 0 Å². The Labute approximate surface area is 103 Å². The zero-order valence-corrected chi connectivity index (χ0v) is 9.47. The Morgan fingerprint density at radius 1 is 1.28 bits per heavy atom. The lowest BCUT2D eigenvalue weighted by atomic mass is 10.2. The lowest BCUT2D eigenvalue weighted by molar-refractivity contribution is -0.145. The molecule has 1 aliphatic rings. The molecular formula is C12H10FN3O2. The number of anilines is 1. The lowest BCUT2D eigenvalue weighted by Crippen LogP contribution is -2.54. The first-order valence-corrected chi connectivity index (χ1v) is 5.37. The molecule has 18 heavy (non-hydrogen) atoms. The highest BCUT2D eigenvalue weighted by atomic mass is 19.1. The monoisotopic (exact) mass is 247 g/mol. The predicted octanol–water partition coefficient (Wildman–Crippen LogP) is 0.524. The van der Waals surface area contributed by atoms with Crippen molar-refractivity contribution in [2.45, 2.75) is 0 Å². The maximum atomic E-state index is 13.1. The Balaban J connectivity index is 2.21. The van der Waals surface area contributed by atoms with Crippen LogP contribution in [0.1, 0.15) is 0 Å². The average Bonchev–Trinajstić information content (AvgIpc) is 2.35. The third-order valence-electron chi connectivity index (χ3n) is 2.69. The molecule has 0 N–H and O–H groups in total. The smallest absolute Gasteiger partial charge is 0.316 e. The van der Waals surface area contributed by atoms with E-state index in [0.29, 0.717) is 5.69 Å². The van der Waals surface area contributed by atoms with Crippen LogP contribution in [-0.2, 0) is 9.59 Å². The molecule has 0 saturated carbocycles. The molecule has 0 bridgehead atoms. The lowest BCUT2D eigenvalue weighted by Gasteiger charge is -2.32. The summed E-state index contributed by atoms with van der Waals surface area (Å²) in [5.41, 5.74) is 0.352. The number of hydrogen-bond acceptors (Lipinski definition) is 3. The molecule has 2 rings (SSSR count). The maximum Gasteiger partial charge on any atom is 0.316 e. The Kier molecular flexibility index (Phi) is 3.24. The average molecular weight is 247 g/mol. The summed E-state index contributed by atoms with van der Waals surface area (Å²) in [6.07, 6.45) is 0. The molecule has 1 fully saturated rings. The van der Waals surface area contributed by atoms with Crippen molar-refractivity contribution in [2.75, 3.05) is 24.5 Å². The van der Waals surface area contributed by atoms with Gasteiger partial charge >= 0.3 is 11.8 Å². The van der Waals surface area contributed by atoms with Gasteiger partial charge in [0, 0.05) is 18.8 Å². The maximum absolute atomic E-state index is 13.1. The van der Waals surface area contributed by atoms with Gasteiger partial charge in [-0.2, -0.15) is 5.26 Å². The second kappa shape index (κ2) is 4.84. The van der Waals surface area contributed by atoms with Crippen LogP contribution in [0.3, 0.4) is 0 Å². The number of benzene rings is 1. The summed E-state index contributed by atoms with van der Waals surface area (Å²) in [7, 11) is 0. The molecule has 5 nitrogen and oxygen atoms in total. The van der Waals surface area contributed by atoms with Crippen molar-refractivity contribution in [3.05, 3.63) is 30.1 Å². The number of carbonyl (C=O) groups excluding carboxylic acids is 2. The molecule has 1 aliphatic heterocycles. The summed E-state index contributed by atoms with van der Waals surface area (Å²) in [5, 5.41) is 8.52. The van der Waals surface area contributed by atoms with Gasteiger partial charge in [-0.15, -0.1) is 0 Å². The van der Waals surface area contributed by atoms with Crippen LogP contribution in [-0.4, -0.2) is 36.3 Å². The third kappa shape index (κ3) is 2.15. The molecular weight excluding hydrogens is 237 g/mol. The Morgan fingerprint density at radius 3 is 2.72 bits per heavy atom. The van der Waals surface area contributed by atoms with Crippen molar-refractivity contribution < 1.29 is 14.0 Å². The fraction of sp³-hybridized carbons (Fsp3) is 0.250. The second-order valence-corrected chi connectivity index (χ2v) is 3.82. The van der Waals surface area contributed by atoms with Gasteiger partial charge in [-0.05, 0) is 18.2 Å². The van der Waals surface area contributed by atoms with Gasteiger partial charge in [0.05, 0.1) is 6.07 Å². The van der Waals surface area contributed by atoms with E-state index in [1.807, 2.05) is 6.07 Å². The predicted molar refractivity (Wildman–Crippen MR) is 60.9 cm³/mol. The van der Waals surface area contributed by atoms with Crippen molar-refractivity contribution >= 4 is 17.5 Å². The zero-order valence-electron chi connectivity index (χ0n) is 9.47. The van der Waals surface area contributed by atoms with E-state index in [0.717, 1.165) is 0 Å². The molecule has 92 valence electrons. The Morgan fingerprint density at radius 2 is 2.06 bits per heavy atom. The van der Waals surface area contributed by atoms with Crippen LogP contribution in [0.2, 0.25) is 0 Å². The van der Waals surface area contributed by atoms with E-state index in [-0.39, 0.29) is 19.6 Å². The van der Waals surface area contributed by atoms with Gasteiger partial charge in [0.2, 0.25) is 0 Å². The first-order chi connectivity index (χ1) is 8.63. The van der Waals surface area contributed by atoms with E-state index in [1.165, 1.54) is 28.0 Å². The highest BCUT2D eigenvalue weighted by Crippen LogP contribution is 2.18. The number of piperazine rings is 1. The van der Waals surface area contributed by atoms with Crippen molar-refractivity contribution in [3.8, 4) is 6.07 Å². The molecule has 1 heterocycles. The van der Waals surface area contributed by atoms with Gasteiger partial charge in [0.1, 0.15) is 12.4 Å². The van der Waals surface area contributed by atoms with E-state index < -0.39 is 17.6 Å². The molecule has 1 aromatic rings. The van der Waals surface area contributed by atoms with Gasteiger partial charge < -0.3 is 9.80 Å². The van der Waals surface area contributed by atoms with E-state index in [2.05, 4.69) is 0 Å². The summed E-state index contributed by atoms with van der Waals surface area (Å²) in [5.74, 6) is -1.93. The fourth-order valence-electron chi connectivity index (χ4n) is 1.80. The van der Waals surface area contributed by atoms with Crippen LogP contribution in [0.25, 0.3) is 0 Å². The van der Waals surface area contributed by atoms with Crippen LogP contribution in [0.5, 0.6) is 0 Å². The second-order valence-electron chi connectivity index (χ2n) is 3.82. The first kappa shape index (κ1) is 12.0. The summed E-state index contributed by atoms with van der Waals surface area (Å²) in [6, 6.07) is 7.33. The van der Waals surface area contributed by atoms with Crippen molar-refractivity contribution in [2.24, 2.45) is 0 Å². The number of nitriles is 1. The molecule has 0 radical (unpaired) electrons. The van der Waals surface area contributed by atoms with E-state index >= 15 is 0 Å². The molecule has 0 atom stereocenters. The normalized spacial score (nSPS) is 15.8. The van der Waals surface area contributed by atoms with Gasteiger partial charge in [-0.3, -0.25) is 9.59 Å². The summed E-state index contributed by atoms with van der Waals surface area (Å²) in [6.45, 7) is 0.423. The SMILES string of the molecule is N#CCN1CCN(c2cccc(F)c2)C(=O)C1=O. The van der Waals surface area contributed by atoms with Crippen LogP contribution in [0, 0.1) is 17.1 Å². The molecule has 0 unspecified atom stereocenters. The van der Waals surface area contributed by atoms with Gasteiger partial charge in [0.15, 0.2) is 0 Å². The summed E-state index contributed by atoms with van der Waals surface area (Å²) < 4.78 is 13.1. The number of rotatable bonds is 2. The highest BCUT2D eigenvalue weighted by molar-refractivity contribution is 6.41. The molecule has 6 heteroatoms. The number of hydrogen-bond donors (Lipinski definition) is 0. The summed E-state index contributed by atoms with van der Waals surface area (Å²) >= 11 is 0. The Bertz CT molecular complexity index is 538. The summed E-state index contributed by atoms with van der Waals surface area (Å²) in [4.78, 5) is 25.9. The molecule has 0 aliphatic carbocycles. The standard InChI is InChI=1S/C12H10FN3O2/c13-9-2-1-3-10(8-9)16-7-6-15(5-4-14)11(17)12(16)18/h1-3,8H,5-7H2. The number of carbonyl (C=O) groups is 2. The molecule has 0 aromatic heterocycles. The number of amides is 2. The first-order valence-electron chi connectivity index (χ1n) is 5.37. The topological polar surface area (TPSA) is 64.4 Å². The van der Waals surface area contributed by atoms with Crippen LogP contribution in [0.4, 0.5) is 10.1 Å². The van der Waals surface area contributed by atoms with Crippen molar-refractivity contribution in [1.82, 2.24) is 4.90 Å². The number of nitrogens with zero attached hydrogens (tertiary/aromatic N) is 3. The highest BCUT2D eigenvalue weighted by Gasteiger charge is 2.33. The van der Waals surface area contributed by atoms with E-state index in [4.69, 9.17) is 5.26 Å². The molecule has 2 amide bonds. The van der Waals surface area contributed by atoms with Crippen LogP contribution >= 0.6 is 0 Å². The van der Waals surface area contributed by atoms with E-state index in [9.17, 15) is 14.0 Å². The minimum atomic E-state index is -0.734. The fourth-order valence-corrected chi connectivity index (χ4v) is 1.80. The van der Waals surface area contributed by atoms with Crippen LogP contribution in [0.15, 0.2) is 24.3 Å². The van der Waals surface area contributed by atoms with Crippen molar-refractivity contribution in [1.29, 1.82) is 5.26 Å². The Hall–Kier alpha value is -2.42. The molecule has 0 spiro atoms. The molecule has 1 saturated heterocycles. The zero-order chi connectivity index (χ0) is 13.1. The van der Waals surface area contributed by atoms with E-state index in [1.54, 1.807) is 6.07 Å². The minimum Gasteiger partial charge on any atom is -0.319 e. The quantitative estimate of drug-likeness (QED) is 0.565. The van der Waals surface area contributed by atoms with Crippen LogP contribution < -0.4 is 4.90 Å². The largest absolute Gasteiger partial charge is 0.319 e. The van der Waals surface area contributed by atoms with Gasteiger partial charge in [-0.25, -0.2) is 4.39 Å². The number of halogens is 1. The minimum absolute atomic E-state index is 0.110. The van der Waals surface area contributed by atoms with Gasteiger partial charge in [0.25, 0.3) is 0 Å². The molecule has 1 aromatic carbocycles. The van der Waals surface area contributed by atoms with Gasteiger partial charge in [-0.1, -0.05) is 6.07 Å².